The van der Waals surface area contributed by atoms with Crippen LogP contribution >= 0.6 is 0 Å². The third kappa shape index (κ3) is 3.81. The number of nitrogens with two attached hydrogens (primary N) is 1. The molecule has 2 atom stereocenters. The number of nitrogens with one attached hydrogen (secondary N) is 1. The molecule has 0 saturated heterocycles. The van der Waals surface area contributed by atoms with E-state index in [2.05, 4.69) is 4.74 Å². The number of alkyl halides is 3. The van der Waals surface area contributed by atoms with Crippen molar-refractivity contribution in [2.24, 2.45) is 5.73 Å². The van der Waals surface area contributed by atoms with Gasteiger partial charge in [-0.25, -0.2) is 9.59 Å². The van der Waals surface area contributed by atoms with E-state index < -0.39 is 35.6 Å². The molecule has 0 aromatic rings. The van der Waals surface area contributed by atoms with Crippen LogP contribution in [0.3, 0.4) is 0 Å². The van der Waals surface area contributed by atoms with E-state index in [1.165, 1.54) is 12.2 Å². The first-order chi connectivity index (χ1) is 8.47. The molecule has 0 rings (SSSR count). The molecule has 0 aromatic carbocycles. The zero-order valence-corrected chi connectivity index (χ0v) is 10.1. The molecule has 4 N–H and O–H groups in total. The van der Waals surface area contributed by atoms with Crippen molar-refractivity contribution < 1.29 is 37.4 Å². The van der Waals surface area contributed by atoms with Gasteiger partial charge in [-0.05, 0) is 13.8 Å². The van der Waals surface area contributed by atoms with Gasteiger partial charge in [0.1, 0.15) is 0 Å². The molecule has 7 nitrogen and oxygen atoms in total. The van der Waals surface area contributed by atoms with E-state index in [1.54, 1.807) is 0 Å². The van der Waals surface area contributed by atoms with E-state index >= 15 is 0 Å². The maximum absolute atomic E-state index is 12.6. The van der Waals surface area contributed by atoms with Crippen LogP contribution in [-0.4, -0.2) is 47.3 Å². The van der Waals surface area contributed by atoms with Gasteiger partial charge in [0.05, 0.1) is 6.61 Å². The van der Waals surface area contributed by atoms with E-state index in [9.17, 15) is 27.6 Å². The third-order valence-electron chi connectivity index (χ3n) is 2.19. The summed E-state index contributed by atoms with van der Waals surface area (Å²) >= 11 is 0. The molecular formula is C9H13F3N2O5. The van der Waals surface area contributed by atoms with Crippen molar-refractivity contribution in [2.45, 2.75) is 31.6 Å². The number of rotatable bonds is 5. The fourth-order valence-electron chi connectivity index (χ4n) is 0.909. The third-order valence-corrected chi connectivity index (χ3v) is 2.19. The fraction of sp³-hybridized carbons (Fsp3) is 0.667. The Hall–Kier alpha value is -1.84. The SMILES string of the molecule is CCOC(=O)C(N)C(=O)NC(C)(C(=O)O)C(F)(F)F. The highest BCUT2D eigenvalue weighted by molar-refractivity contribution is 6.03. The van der Waals surface area contributed by atoms with Crippen LogP contribution in [0.15, 0.2) is 0 Å². The summed E-state index contributed by atoms with van der Waals surface area (Å²) in [5, 5.41) is 9.73. The van der Waals surface area contributed by atoms with Gasteiger partial charge < -0.3 is 20.9 Å². The van der Waals surface area contributed by atoms with Gasteiger partial charge in [-0.1, -0.05) is 0 Å². The molecule has 0 aliphatic rings. The Bertz CT molecular complexity index is 385. The van der Waals surface area contributed by atoms with Crippen molar-refractivity contribution in [3.8, 4) is 0 Å². The summed E-state index contributed by atoms with van der Waals surface area (Å²) in [5.74, 6) is -5.18. The number of ether oxygens (including phenoxy) is 1. The molecule has 10 heteroatoms. The molecular weight excluding hydrogens is 273 g/mol. The summed E-state index contributed by atoms with van der Waals surface area (Å²) in [6.45, 7) is 1.51. The molecule has 0 aliphatic carbocycles. The van der Waals surface area contributed by atoms with Crippen molar-refractivity contribution >= 4 is 17.8 Å². The Kier molecular flexibility index (Phi) is 5.30. The van der Waals surface area contributed by atoms with Crippen LogP contribution in [0.1, 0.15) is 13.8 Å². The van der Waals surface area contributed by atoms with Gasteiger partial charge in [-0.15, -0.1) is 0 Å². The summed E-state index contributed by atoms with van der Waals surface area (Å²) in [5.41, 5.74) is 1.50. The topological polar surface area (TPSA) is 119 Å². The van der Waals surface area contributed by atoms with E-state index in [0.29, 0.717) is 0 Å². The molecule has 19 heavy (non-hydrogen) atoms. The van der Waals surface area contributed by atoms with Crippen molar-refractivity contribution in [1.82, 2.24) is 5.32 Å². The molecule has 0 bridgehead atoms. The zero-order valence-electron chi connectivity index (χ0n) is 10.1. The Morgan fingerprint density at radius 3 is 2.16 bits per heavy atom. The second kappa shape index (κ2) is 5.87. The summed E-state index contributed by atoms with van der Waals surface area (Å²) < 4.78 is 42.1. The van der Waals surface area contributed by atoms with Crippen molar-refractivity contribution in [3.05, 3.63) is 0 Å². The van der Waals surface area contributed by atoms with Gasteiger partial charge >= 0.3 is 18.1 Å². The van der Waals surface area contributed by atoms with Crippen LogP contribution in [0.25, 0.3) is 0 Å². The fourth-order valence-corrected chi connectivity index (χ4v) is 0.909. The lowest BCUT2D eigenvalue weighted by molar-refractivity contribution is -0.207. The number of carboxylic acid groups (broad SMARTS) is 1. The maximum Gasteiger partial charge on any atom is 0.422 e. The molecule has 110 valence electrons. The highest BCUT2D eigenvalue weighted by Crippen LogP contribution is 2.30. The van der Waals surface area contributed by atoms with Crippen LogP contribution in [0.5, 0.6) is 0 Å². The molecule has 2 unspecified atom stereocenters. The number of amides is 1. The van der Waals surface area contributed by atoms with Gasteiger partial charge in [0.2, 0.25) is 11.4 Å². The van der Waals surface area contributed by atoms with E-state index in [0.717, 1.165) is 0 Å². The van der Waals surface area contributed by atoms with Crippen molar-refractivity contribution in [2.75, 3.05) is 6.61 Å². The minimum Gasteiger partial charge on any atom is -0.479 e. The first-order valence-corrected chi connectivity index (χ1v) is 5.01. The average molecular weight is 286 g/mol. The first-order valence-electron chi connectivity index (χ1n) is 5.01. The molecule has 0 saturated carbocycles. The first kappa shape index (κ1) is 17.2. The van der Waals surface area contributed by atoms with Crippen LogP contribution in [0, 0.1) is 0 Å². The minimum absolute atomic E-state index is 0.130. The van der Waals surface area contributed by atoms with Crippen LogP contribution in [-0.2, 0) is 19.1 Å². The van der Waals surface area contributed by atoms with Crippen molar-refractivity contribution in [1.29, 1.82) is 0 Å². The summed E-state index contributed by atoms with van der Waals surface area (Å²) in [6.07, 6.45) is -5.26. The van der Waals surface area contributed by atoms with Gasteiger partial charge in [0, 0.05) is 0 Å². The second-order valence-electron chi connectivity index (χ2n) is 3.65. The normalized spacial score (nSPS) is 16.1. The number of carbonyl (C=O) groups excluding carboxylic acids is 2. The predicted molar refractivity (Wildman–Crippen MR) is 54.8 cm³/mol. The van der Waals surface area contributed by atoms with Crippen LogP contribution in [0.2, 0.25) is 0 Å². The smallest absolute Gasteiger partial charge is 0.422 e. The lowest BCUT2D eigenvalue weighted by atomic mass is 10.0. The summed E-state index contributed by atoms with van der Waals surface area (Å²) in [6, 6.07) is -2.04. The Labute approximate surface area is 105 Å². The van der Waals surface area contributed by atoms with E-state index in [4.69, 9.17) is 10.8 Å². The predicted octanol–water partition coefficient (Wildman–Crippen LogP) is -0.601. The quantitative estimate of drug-likeness (QED) is 0.458. The summed E-state index contributed by atoms with van der Waals surface area (Å²) in [7, 11) is 0. The highest BCUT2D eigenvalue weighted by Gasteiger charge is 2.59. The van der Waals surface area contributed by atoms with Gasteiger partial charge in [-0.3, -0.25) is 4.79 Å². The van der Waals surface area contributed by atoms with Crippen LogP contribution < -0.4 is 11.1 Å². The highest BCUT2D eigenvalue weighted by atomic mass is 19.4. The molecule has 0 fully saturated rings. The summed E-state index contributed by atoms with van der Waals surface area (Å²) in [4.78, 5) is 33.0. The Morgan fingerprint density at radius 1 is 1.37 bits per heavy atom. The molecule has 0 radical (unpaired) electrons. The molecule has 0 aromatic heterocycles. The van der Waals surface area contributed by atoms with Crippen LogP contribution in [0.4, 0.5) is 13.2 Å². The Balaban J connectivity index is 5.04. The standard InChI is InChI=1S/C9H13F3N2O5/c1-3-19-6(16)4(13)5(15)14-8(2,7(17)18)9(10,11)12/h4H,3,13H2,1-2H3,(H,14,15)(H,17,18). The number of carbonyl (C=O) groups is 3. The molecule has 1 amide bonds. The largest absolute Gasteiger partial charge is 0.479 e. The van der Waals surface area contributed by atoms with Gasteiger partial charge in [0.25, 0.3) is 0 Å². The van der Waals surface area contributed by atoms with Crippen molar-refractivity contribution in [3.63, 3.8) is 0 Å². The lowest BCUT2D eigenvalue weighted by Crippen LogP contribution is -2.65. The Morgan fingerprint density at radius 2 is 1.84 bits per heavy atom. The molecule has 0 aliphatic heterocycles. The number of halogens is 3. The second-order valence-corrected chi connectivity index (χ2v) is 3.65. The lowest BCUT2D eigenvalue weighted by Gasteiger charge is -2.29. The number of carboxylic acids is 1. The molecule has 0 spiro atoms. The van der Waals surface area contributed by atoms with Gasteiger partial charge in [-0.2, -0.15) is 13.2 Å². The number of hydrogen-bond donors (Lipinski definition) is 3. The minimum atomic E-state index is -5.26. The molecule has 0 heterocycles. The van der Waals surface area contributed by atoms with E-state index in [-0.39, 0.29) is 13.5 Å². The van der Waals surface area contributed by atoms with Gasteiger partial charge in [0.15, 0.2) is 6.04 Å². The number of hydrogen-bond acceptors (Lipinski definition) is 5. The maximum atomic E-state index is 12.6. The zero-order chi connectivity index (χ0) is 15.4. The average Bonchev–Trinajstić information content (AvgIpc) is 2.26. The monoisotopic (exact) mass is 286 g/mol. The number of aliphatic carboxylic acids is 1. The number of esters is 1. The van der Waals surface area contributed by atoms with E-state index in [1.807, 2.05) is 0 Å².